The number of rotatable bonds is 5. The number of likely N-dealkylation sites (tertiary alicyclic amines) is 1. The lowest BCUT2D eigenvalue weighted by atomic mass is 9.90. The Morgan fingerprint density at radius 3 is 2.50 bits per heavy atom. The van der Waals surface area contributed by atoms with E-state index in [4.69, 9.17) is 16.3 Å². The van der Waals surface area contributed by atoms with Gasteiger partial charge < -0.3 is 14.5 Å². The van der Waals surface area contributed by atoms with Gasteiger partial charge in [0.05, 0.1) is 6.54 Å². The van der Waals surface area contributed by atoms with Crippen molar-refractivity contribution in [3.05, 3.63) is 29.3 Å². The van der Waals surface area contributed by atoms with Gasteiger partial charge in [-0.25, -0.2) is 0 Å². The number of amides is 2. The van der Waals surface area contributed by atoms with Crippen LogP contribution in [0, 0.1) is 11.3 Å². The fourth-order valence-electron chi connectivity index (χ4n) is 3.08. The van der Waals surface area contributed by atoms with Crippen molar-refractivity contribution in [2.45, 2.75) is 33.6 Å². The SMILES string of the molecule is CN(CCOc1cccc(Cl)c1)C(=O)C1CCN(C(=O)C(C)(C)C)CC1. The zero-order valence-corrected chi connectivity index (χ0v) is 16.9. The zero-order valence-electron chi connectivity index (χ0n) is 16.1. The molecular formula is C20H29ClN2O3. The molecule has 0 atom stereocenters. The number of benzene rings is 1. The fourth-order valence-corrected chi connectivity index (χ4v) is 3.26. The molecule has 6 heteroatoms. The Morgan fingerprint density at radius 1 is 1.27 bits per heavy atom. The van der Waals surface area contributed by atoms with Crippen LogP contribution in [0.15, 0.2) is 24.3 Å². The van der Waals surface area contributed by atoms with Crippen LogP contribution in [0.1, 0.15) is 33.6 Å². The molecule has 1 heterocycles. The molecule has 2 amide bonds. The molecule has 0 aromatic heterocycles. The van der Waals surface area contributed by atoms with E-state index in [9.17, 15) is 9.59 Å². The van der Waals surface area contributed by atoms with Crippen molar-refractivity contribution in [3.8, 4) is 5.75 Å². The lowest BCUT2D eigenvalue weighted by Gasteiger charge is -2.36. The summed E-state index contributed by atoms with van der Waals surface area (Å²) in [5.74, 6) is 0.969. The van der Waals surface area contributed by atoms with Crippen molar-refractivity contribution >= 4 is 23.4 Å². The lowest BCUT2D eigenvalue weighted by molar-refractivity contribution is -0.144. The van der Waals surface area contributed by atoms with E-state index in [1.165, 1.54) is 0 Å². The van der Waals surface area contributed by atoms with Gasteiger partial charge in [0.25, 0.3) is 0 Å². The highest BCUT2D eigenvalue weighted by Gasteiger charge is 2.33. The molecule has 1 saturated heterocycles. The Bertz CT molecular complexity index is 634. The molecule has 0 bridgehead atoms. The number of halogens is 1. The van der Waals surface area contributed by atoms with Gasteiger partial charge in [0.2, 0.25) is 11.8 Å². The summed E-state index contributed by atoms with van der Waals surface area (Å²) in [6.45, 7) is 8.04. The van der Waals surface area contributed by atoms with Gasteiger partial charge in [-0.15, -0.1) is 0 Å². The average molecular weight is 381 g/mol. The summed E-state index contributed by atoms with van der Waals surface area (Å²) in [6.07, 6.45) is 1.44. The molecule has 26 heavy (non-hydrogen) atoms. The molecule has 0 unspecified atom stereocenters. The first-order valence-electron chi connectivity index (χ1n) is 9.11. The van der Waals surface area contributed by atoms with Crippen LogP contribution >= 0.6 is 11.6 Å². The molecule has 0 saturated carbocycles. The maximum Gasteiger partial charge on any atom is 0.227 e. The molecule has 1 aromatic carbocycles. The molecule has 2 rings (SSSR count). The van der Waals surface area contributed by atoms with Crippen molar-refractivity contribution in [3.63, 3.8) is 0 Å². The molecule has 1 fully saturated rings. The first-order valence-corrected chi connectivity index (χ1v) is 9.49. The molecule has 1 aromatic rings. The summed E-state index contributed by atoms with van der Waals surface area (Å²) < 4.78 is 5.65. The van der Waals surface area contributed by atoms with Crippen LogP contribution in [0.3, 0.4) is 0 Å². The summed E-state index contributed by atoms with van der Waals surface area (Å²) in [5.41, 5.74) is -0.370. The van der Waals surface area contributed by atoms with Crippen molar-refractivity contribution in [1.82, 2.24) is 9.80 Å². The van der Waals surface area contributed by atoms with E-state index in [1.807, 2.05) is 37.8 Å². The van der Waals surface area contributed by atoms with Crippen molar-refractivity contribution in [2.24, 2.45) is 11.3 Å². The Morgan fingerprint density at radius 2 is 1.92 bits per heavy atom. The van der Waals surface area contributed by atoms with E-state index >= 15 is 0 Å². The third-order valence-corrected chi connectivity index (χ3v) is 4.88. The molecule has 0 N–H and O–H groups in total. The van der Waals surface area contributed by atoms with Crippen LogP contribution < -0.4 is 4.74 Å². The molecule has 0 aliphatic carbocycles. The number of carbonyl (C=O) groups excluding carboxylic acids is 2. The molecular weight excluding hydrogens is 352 g/mol. The highest BCUT2D eigenvalue weighted by Crippen LogP contribution is 2.24. The van der Waals surface area contributed by atoms with Crippen LogP contribution in [0.5, 0.6) is 5.75 Å². The minimum absolute atomic E-state index is 0.0183. The number of hydrogen-bond acceptors (Lipinski definition) is 3. The Hall–Kier alpha value is -1.75. The molecule has 1 aliphatic rings. The second kappa shape index (κ2) is 8.76. The second-order valence-corrected chi connectivity index (χ2v) is 8.32. The van der Waals surface area contributed by atoms with Crippen LogP contribution in [0.25, 0.3) is 0 Å². The quantitative estimate of drug-likeness (QED) is 0.786. The molecule has 0 spiro atoms. The highest BCUT2D eigenvalue weighted by molar-refractivity contribution is 6.30. The summed E-state index contributed by atoms with van der Waals surface area (Å²) >= 11 is 5.93. The normalized spacial score (nSPS) is 15.7. The van der Waals surface area contributed by atoms with Crippen LogP contribution in [0.2, 0.25) is 5.02 Å². The van der Waals surface area contributed by atoms with E-state index in [0.29, 0.717) is 37.0 Å². The van der Waals surface area contributed by atoms with Gasteiger partial charge >= 0.3 is 0 Å². The summed E-state index contributed by atoms with van der Waals surface area (Å²) in [6, 6.07) is 7.22. The number of ether oxygens (including phenoxy) is 1. The predicted octanol–water partition coefficient (Wildman–Crippen LogP) is 3.46. The fraction of sp³-hybridized carbons (Fsp3) is 0.600. The number of carbonyl (C=O) groups is 2. The minimum Gasteiger partial charge on any atom is -0.492 e. The molecule has 0 radical (unpaired) electrons. The summed E-state index contributed by atoms with van der Waals surface area (Å²) in [7, 11) is 1.80. The zero-order chi connectivity index (χ0) is 19.3. The molecule has 5 nitrogen and oxygen atoms in total. The van der Waals surface area contributed by atoms with E-state index < -0.39 is 0 Å². The Labute approximate surface area is 161 Å². The summed E-state index contributed by atoms with van der Waals surface area (Å²) in [4.78, 5) is 28.5. The molecule has 144 valence electrons. The van der Waals surface area contributed by atoms with Crippen molar-refractivity contribution in [2.75, 3.05) is 33.3 Å². The second-order valence-electron chi connectivity index (χ2n) is 7.88. The smallest absolute Gasteiger partial charge is 0.227 e. The standard InChI is InChI=1S/C20H29ClN2O3/c1-20(2,3)19(25)23-10-8-15(9-11-23)18(24)22(4)12-13-26-17-7-5-6-16(21)14-17/h5-7,14-15H,8-13H2,1-4H3. The van der Waals surface area contributed by atoms with Gasteiger partial charge in [0.15, 0.2) is 0 Å². The highest BCUT2D eigenvalue weighted by atomic mass is 35.5. The number of nitrogens with zero attached hydrogens (tertiary/aromatic N) is 2. The van der Waals surface area contributed by atoms with E-state index in [2.05, 4.69) is 0 Å². The van der Waals surface area contributed by atoms with Gasteiger partial charge in [0, 0.05) is 36.5 Å². The van der Waals surface area contributed by atoms with Gasteiger partial charge in [-0.1, -0.05) is 38.4 Å². The van der Waals surface area contributed by atoms with Gasteiger partial charge in [-0.05, 0) is 31.0 Å². The monoisotopic (exact) mass is 380 g/mol. The van der Waals surface area contributed by atoms with E-state index in [-0.39, 0.29) is 23.1 Å². The van der Waals surface area contributed by atoms with Crippen LogP contribution in [-0.4, -0.2) is 54.9 Å². The number of hydrogen-bond donors (Lipinski definition) is 0. The van der Waals surface area contributed by atoms with Crippen molar-refractivity contribution in [1.29, 1.82) is 0 Å². The number of likely N-dealkylation sites (N-methyl/N-ethyl adjacent to an activating group) is 1. The van der Waals surface area contributed by atoms with Crippen LogP contribution in [0.4, 0.5) is 0 Å². The van der Waals surface area contributed by atoms with E-state index in [0.717, 1.165) is 12.8 Å². The van der Waals surface area contributed by atoms with Crippen molar-refractivity contribution < 1.29 is 14.3 Å². The van der Waals surface area contributed by atoms with Gasteiger partial charge in [0.1, 0.15) is 12.4 Å². The van der Waals surface area contributed by atoms with E-state index in [1.54, 1.807) is 24.1 Å². The third-order valence-electron chi connectivity index (χ3n) is 4.64. The topological polar surface area (TPSA) is 49.9 Å². The summed E-state index contributed by atoms with van der Waals surface area (Å²) in [5, 5.41) is 0.628. The van der Waals surface area contributed by atoms with Gasteiger partial charge in [-0.2, -0.15) is 0 Å². The predicted molar refractivity (Wildman–Crippen MR) is 103 cm³/mol. The Kier molecular flexibility index (Phi) is 6.93. The largest absolute Gasteiger partial charge is 0.492 e. The van der Waals surface area contributed by atoms with Gasteiger partial charge in [-0.3, -0.25) is 9.59 Å². The lowest BCUT2D eigenvalue weighted by Crippen LogP contribution is -2.47. The third kappa shape index (κ3) is 5.63. The Balaban J connectivity index is 1.76. The van der Waals surface area contributed by atoms with Crippen LogP contribution in [-0.2, 0) is 9.59 Å². The maximum atomic E-state index is 12.6. The first kappa shape index (κ1) is 20.6. The molecule has 1 aliphatic heterocycles. The number of piperidine rings is 1. The average Bonchev–Trinajstić information content (AvgIpc) is 2.60. The maximum absolute atomic E-state index is 12.6. The minimum atomic E-state index is -0.370. The first-order chi connectivity index (χ1) is 12.2.